The van der Waals surface area contributed by atoms with Crippen LogP contribution >= 0.6 is 0 Å². The number of nitrogens with one attached hydrogen (secondary N) is 1. The van der Waals surface area contributed by atoms with Gasteiger partial charge in [-0.05, 0) is 49.8 Å². The lowest BCUT2D eigenvalue weighted by Gasteiger charge is -2.14. The van der Waals surface area contributed by atoms with Crippen molar-refractivity contribution in [3.8, 4) is 22.8 Å². The van der Waals surface area contributed by atoms with Gasteiger partial charge in [-0.25, -0.2) is 4.98 Å². The number of pyridine rings is 1. The van der Waals surface area contributed by atoms with E-state index in [1.54, 1.807) is 24.7 Å². The number of amides is 1. The van der Waals surface area contributed by atoms with Gasteiger partial charge in [-0.2, -0.15) is 0 Å². The predicted molar refractivity (Wildman–Crippen MR) is 141 cm³/mol. The zero-order chi connectivity index (χ0) is 24.8. The molecule has 6 nitrogen and oxygen atoms in total. The first-order chi connectivity index (χ1) is 17.0. The van der Waals surface area contributed by atoms with Crippen molar-refractivity contribution in [2.45, 2.75) is 13.8 Å². The van der Waals surface area contributed by atoms with Crippen LogP contribution in [0.4, 0.5) is 0 Å². The molecule has 0 aliphatic heterocycles. The van der Waals surface area contributed by atoms with Crippen molar-refractivity contribution in [3.05, 3.63) is 109 Å². The van der Waals surface area contributed by atoms with Gasteiger partial charge in [0.15, 0.2) is 0 Å². The van der Waals surface area contributed by atoms with Crippen LogP contribution in [0, 0.1) is 6.92 Å². The standard InChI is InChI=1S/C29H28N4O2/c1-5-8-21(9-6-2)17-31-29(34)23-10-7-11-27(20(23)3)35-28-14-15-30-25-16-22(12-13-24(25)28)26-18-33(4)19-32-26/h5-16,18-19H,1,17H2,2-4H3,(H,31,34)/b9-6-,21-8+. The first kappa shape index (κ1) is 23.7. The first-order valence-electron chi connectivity index (χ1n) is 11.4. The summed E-state index contributed by atoms with van der Waals surface area (Å²) in [4.78, 5) is 21.8. The Kier molecular flexibility index (Phi) is 7.21. The Bertz CT molecular complexity index is 1450. The van der Waals surface area contributed by atoms with Crippen molar-refractivity contribution in [3.63, 3.8) is 0 Å². The summed E-state index contributed by atoms with van der Waals surface area (Å²) in [6.07, 6.45) is 12.9. The SMILES string of the molecule is C=C/C=C(\C=C/C)CNC(=O)c1cccc(Oc2ccnc3cc(-c4cn(C)cn4)ccc23)c1C. The summed E-state index contributed by atoms with van der Waals surface area (Å²) in [6.45, 7) is 7.96. The maximum atomic E-state index is 12.9. The Morgan fingerprint density at radius 2 is 2.03 bits per heavy atom. The number of allylic oxidation sites excluding steroid dienone is 3. The van der Waals surface area contributed by atoms with E-state index >= 15 is 0 Å². The van der Waals surface area contributed by atoms with Crippen molar-refractivity contribution < 1.29 is 9.53 Å². The van der Waals surface area contributed by atoms with Crippen LogP contribution in [0.5, 0.6) is 11.5 Å². The Morgan fingerprint density at radius 1 is 1.17 bits per heavy atom. The number of carbonyl (C=O) groups excluding carboxylic acids is 1. The number of carbonyl (C=O) groups is 1. The average molecular weight is 465 g/mol. The van der Waals surface area contributed by atoms with Crippen LogP contribution in [0.1, 0.15) is 22.8 Å². The third-order valence-electron chi connectivity index (χ3n) is 5.62. The minimum Gasteiger partial charge on any atom is -0.456 e. The number of hydrogen-bond acceptors (Lipinski definition) is 4. The second-order valence-electron chi connectivity index (χ2n) is 8.16. The van der Waals surface area contributed by atoms with E-state index in [-0.39, 0.29) is 5.91 Å². The average Bonchev–Trinajstić information content (AvgIpc) is 3.30. The molecule has 2 heterocycles. The summed E-state index contributed by atoms with van der Waals surface area (Å²) in [7, 11) is 1.94. The molecule has 0 atom stereocenters. The van der Waals surface area contributed by atoms with Gasteiger partial charge in [0.2, 0.25) is 0 Å². The number of ether oxygens (including phenoxy) is 1. The summed E-state index contributed by atoms with van der Waals surface area (Å²) in [5, 5.41) is 3.86. The molecular weight excluding hydrogens is 436 g/mol. The largest absolute Gasteiger partial charge is 0.456 e. The second kappa shape index (κ2) is 10.7. The van der Waals surface area contributed by atoms with E-state index in [2.05, 4.69) is 21.9 Å². The second-order valence-corrected chi connectivity index (χ2v) is 8.16. The molecule has 1 N–H and O–H groups in total. The van der Waals surface area contributed by atoms with Crippen molar-refractivity contribution in [1.82, 2.24) is 19.9 Å². The number of nitrogens with zero attached hydrogens (tertiary/aromatic N) is 3. The molecule has 0 saturated heterocycles. The quantitative estimate of drug-likeness (QED) is 0.317. The molecule has 0 unspecified atom stereocenters. The monoisotopic (exact) mass is 464 g/mol. The zero-order valence-corrected chi connectivity index (χ0v) is 20.2. The normalized spacial score (nSPS) is 11.7. The molecule has 6 heteroatoms. The summed E-state index contributed by atoms with van der Waals surface area (Å²) >= 11 is 0. The number of hydrogen-bond donors (Lipinski definition) is 1. The fourth-order valence-corrected chi connectivity index (χ4v) is 3.84. The number of aryl methyl sites for hydroxylation is 1. The van der Waals surface area contributed by atoms with Crippen molar-refractivity contribution >= 4 is 16.8 Å². The minimum absolute atomic E-state index is 0.160. The maximum Gasteiger partial charge on any atom is 0.251 e. The smallest absolute Gasteiger partial charge is 0.251 e. The molecular formula is C29H28N4O2. The number of benzene rings is 2. The molecule has 0 bridgehead atoms. The highest BCUT2D eigenvalue weighted by molar-refractivity contribution is 5.96. The minimum atomic E-state index is -0.160. The van der Waals surface area contributed by atoms with Crippen LogP contribution in [-0.4, -0.2) is 27.0 Å². The van der Waals surface area contributed by atoms with Gasteiger partial charge in [0.05, 0.1) is 17.5 Å². The molecule has 176 valence electrons. The van der Waals surface area contributed by atoms with Gasteiger partial charge in [0.1, 0.15) is 11.5 Å². The van der Waals surface area contributed by atoms with Crippen molar-refractivity contribution in [2.24, 2.45) is 7.05 Å². The molecule has 4 rings (SSSR count). The highest BCUT2D eigenvalue weighted by Gasteiger charge is 2.14. The lowest BCUT2D eigenvalue weighted by molar-refractivity contribution is 0.0956. The van der Waals surface area contributed by atoms with Crippen molar-refractivity contribution in [1.29, 1.82) is 0 Å². The number of rotatable bonds is 8. The van der Waals surface area contributed by atoms with Gasteiger partial charge >= 0.3 is 0 Å². The fourth-order valence-electron chi connectivity index (χ4n) is 3.84. The summed E-state index contributed by atoms with van der Waals surface area (Å²) in [5.41, 5.74) is 4.98. The van der Waals surface area contributed by atoms with Gasteiger partial charge in [-0.3, -0.25) is 9.78 Å². The van der Waals surface area contributed by atoms with E-state index < -0.39 is 0 Å². The third-order valence-corrected chi connectivity index (χ3v) is 5.62. The molecule has 4 aromatic rings. The van der Waals surface area contributed by atoms with Gasteiger partial charge in [0.25, 0.3) is 5.91 Å². The van der Waals surface area contributed by atoms with Crippen LogP contribution in [0.15, 0.2) is 97.6 Å². The maximum absolute atomic E-state index is 12.9. The number of fused-ring (bicyclic) bond motifs is 1. The molecule has 0 spiro atoms. The van der Waals surface area contributed by atoms with Gasteiger partial charge < -0.3 is 14.6 Å². The molecule has 0 saturated carbocycles. The summed E-state index contributed by atoms with van der Waals surface area (Å²) in [5.74, 6) is 1.13. The highest BCUT2D eigenvalue weighted by Crippen LogP contribution is 2.33. The topological polar surface area (TPSA) is 69.0 Å². The number of imidazole rings is 1. The van der Waals surface area contributed by atoms with Gasteiger partial charge in [-0.1, -0.05) is 43.0 Å². The zero-order valence-electron chi connectivity index (χ0n) is 20.2. The van der Waals surface area contributed by atoms with E-state index in [9.17, 15) is 4.79 Å². The summed E-state index contributed by atoms with van der Waals surface area (Å²) < 4.78 is 8.20. The van der Waals surface area contributed by atoms with Crippen LogP contribution in [0.3, 0.4) is 0 Å². The Labute approximate surface area is 205 Å². The highest BCUT2D eigenvalue weighted by atomic mass is 16.5. The molecule has 2 aromatic heterocycles. The van der Waals surface area contributed by atoms with Crippen LogP contribution in [0.25, 0.3) is 22.2 Å². The Hall–Kier alpha value is -4.45. The molecule has 0 fully saturated rings. The van der Waals surface area contributed by atoms with Gasteiger partial charge in [-0.15, -0.1) is 0 Å². The van der Waals surface area contributed by atoms with E-state index in [1.807, 2.05) is 86.3 Å². The van der Waals surface area contributed by atoms with Crippen LogP contribution in [-0.2, 0) is 7.05 Å². The first-order valence-corrected chi connectivity index (χ1v) is 11.4. The van der Waals surface area contributed by atoms with Crippen LogP contribution < -0.4 is 10.1 Å². The Morgan fingerprint density at radius 3 is 2.77 bits per heavy atom. The fraction of sp³-hybridized carbons (Fsp3) is 0.138. The molecule has 2 aromatic carbocycles. The predicted octanol–water partition coefficient (Wildman–Crippen LogP) is 6.15. The lowest BCUT2D eigenvalue weighted by Crippen LogP contribution is -2.26. The summed E-state index contributed by atoms with van der Waals surface area (Å²) in [6, 6.07) is 13.3. The van der Waals surface area contributed by atoms with Gasteiger partial charge in [0, 0.05) is 48.1 Å². The molecule has 1 amide bonds. The van der Waals surface area contributed by atoms with E-state index in [0.29, 0.717) is 23.6 Å². The molecule has 0 aliphatic carbocycles. The van der Waals surface area contributed by atoms with Crippen LogP contribution in [0.2, 0.25) is 0 Å². The molecule has 0 aliphatic rings. The van der Waals surface area contributed by atoms with E-state index in [0.717, 1.165) is 33.3 Å². The molecule has 0 radical (unpaired) electrons. The molecule has 35 heavy (non-hydrogen) atoms. The number of aromatic nitrogens is 3. The van der Waals surface area contributed by atoms with Crippen molar-refractivity contribution in [2.75, 3.05) is 6.54 Å². The lowest BCUT2D eigenvalue weighted by atomic mass is 10.1. The Balaban J connectivity index is 1.58. The van der Waals surface area contributed by atoms with E-state index in [4.69, 9.17) is 4.74 Å². The van der Waals surface area contributed by atoms with E-state index in [1.165, 1.54) is 0 Å². The third kappa shape index (κ3) is 5.38.